The van der Waals surface area contributed by atoms with Gasteiger partial charge in [-0.05, 0) is 29.7 Å². The van der Waals surface area contributed by atoms with Crippen LogP contribution in [-0.4, -0.2) is 5.84 Å². The molecular weight excluding hydrogens is 267 g/mol. The molecule has 2 aromatic carbocycles. The van der Waals surface area contributed by atoms with Crippen LogP contribution < -0.4 is 10.5 Å². The molecule has 0 aliphatic carbocycles. The van der Waals surface area contributed by atoms with Crippen molar-refractivity contribution in [2.45, 2.75) is 26.2 Å². The molecule has 21 heavy (non-hydrogen) atoms. The van der Waals surface area contributed by atoms with E-state index in [2.05, 4.69) is 20.8 Å². The van der Waals surface area contributed by atoms with E-state index < -0.39 is 5.82 Å². The molecular formula is C17H19FN2O. The molecule has 0 unspecified atom stereocenters. The molecule has 0 aliphatic heterocycles. The third-order valence-corrected chi connectivity index (χ3v) is 3.16. The van der Waals surface area contributed by atoms with Crippen LogP contribution in [-0.2, 0) is 5.41 Å². The summed E-state index contributed by atoms with van der Waals surface area (Å²) in [7, 11) is 0. The Balaban J connectivity index is 2.38. The van der Waals surface area contributed by atoms with Crippen molar-refractivity contribution in [1.29, 1.82) is 5.41 Å². The minimum atomic E-state index is -0.536. The van der Waals surface area contributed by atoms with Crippen molar-refractivity contribution in [3.8, 4) is 11.5 Å². The molecule has 110 valence electrons. The van der Waals surface area contributed by atoms with Gasteiger partial charge >= 0.3 is 0 Å². The van der Waals surface area contributed by atoms with Gasteiger partial charge in [-0.3, -0.25) is 5.41 Å². The van der Waals surface area contributed by atoms with E-state index in [1.165, 1.54) is 12.1 Å². The molecule has 0 amide bonds. The highest BCUT2D eigenvalue weighted by atomic mass is 19.1. The van der Waals surface area contributed by atoms with Crippen molar-refractivity contribution in [3.05, 3.63) is 59.4 Å². The topological polar surface area (TPSA) is 59.1 Å². The Hall–Kier alpha value is -2.36. The van der Waals surface area contributed by atoms with Crippen molar-refractivity contribution < 1.29 is 9.13 Å². The van der Waals surface area contributed by atoms with Gasteiger partial charge in [0, 0.05) is 11.1 Å². The molecule has 0 radical (unpaired) electrons. The number of benzene rings is 2. The normalized spacial score (nSPS) is 11.2. The number of para-hydroxylation sites is 1. The van der Waals surface area contributed by atoms with Crippen LogP contribution in [0.1, 0.15) is 31.9 Å². The van der Waals surface area contributed by atoms with Crippen molar-refractivity contribution >= 4 is 5.84 Å². The van der Waals surface area contributed by atoms with Gasteiger partial charge in [-0.2, -0.15) is 0 Å². The first kappa shape index (κ1) is 15.0. The standard InChI is InChI=1S/C17H19FN2O/c1-17(2,3)12-6-4-5-7-14(12)21-15-9-8-11(16(19)20)10-13(15)18/h4-10H,1-3H3,(H3,19,20). The van der Waals surface area contributed by atoms with Crippen molar-refractivity contribution in [2.75, 3.05) is 0 Å². The minimum Gasteiger partial charge on any atom is -0.454 e. The number of hydrogen-bond donors (Lipinski definition) is 2. The zero-order chi connectivity index (χ0) is 15.6. The Morgan fingerprint density at radius 2 is 1.76 bits per heavy atom. The third kappa shape index (κ3) is 3.40. The fourth-order valence-electron chi connectivity index (χ4n) is 2.04. The molecule has 0 bridgehead atoms. The number of amidine groups is 1. The molecule has 2 rings (SSSR count). The number of nitrogens with one attached hydrogen (secondary N) is 1. The lowest BCUT2D eigenvalue weighted by Gasteiger charge is -2.22. The van der Waals surface area contributed by atoms with Gasteiger partial charge in [0.25, 0.3) is 0 Å². The second kappa shape index (κ2) is 5.56. The first-order valence-corrected chi connectivity index (χ1v) is 6.70. The summed E-state index contributed by atoms with van der Waals surface area (Å²) < 4.78 is 19.8. The molecule has 0 aromatic heterocycles. The highest BCUT2D eigenvalue weighted by Crippen LogP contribution is 2.34. The summed E-state index contributed by atoms with van der Waals surface area (Å²) in [5.74, 6) is 0.0399. The Labute approximate surface area is 124 Å². The summed E-state index contributed by atoms with van der Waals surface area (Å²) in [5, 5.41) is 7.31. The third-order valence-electron chi connectivity index (χ3n) is 3.16. The van der Waals surface area contributed by atoms with Crippen LogP contribution in [0.3, 0.4) is 0 Å². The number of nitrogen functional groups attached to an aromatic ring is 1. The van der Waals surface area contributed by atoms with E-state index in [4.69, 9.17) is 15.9 Å². The van der Waals surface area contributed by atoms with E-state index >= 15 is 0 Å². The molecule has 0 atom stereocenters. The summed E-state index contributed by atoms with van der Waals surface area (Å²) in [5.41, 5.74) is 6.57. The maximum atomic E-state index is 14.0. The van der Waals surface area contributed by atoms with Gasteiger partial charge in [-0.1, -0.05) is 39.0 Å². The lowest BCUT2D eigenvalue weighted by molar-refractivity contribution is 0.425. The van der Waals surface area contributed by atoms with Crippen LogP contribution in [0.5, 0.6) is 11.5 Å². The van der Waals surface area contributed by atoms with Crippen molar-refractivity contribution in [1.82, 2.24) is 0 Å². The van der Waals surface area contributed by atoms with Crippen molar-refractivity contribution in [2.24, 2.45) is 5.73 Å². The zero-order valence-electron chi connectivity index (χ0n) is 12.4. The van der Waals surface area contributed by atoms with Crippen molar-refractivity contribution in [3.63, 3.8) is 0 Å². The summed E-state index contributed by atoms with van der Waals surface area (Å²) in [6, 6.07) is 11.8. The van der Waals surface area contributed by atoms with Gasteiger partial charge in [0.2, 0.25) is 0 Å². The van der Waals surface area contributed by atoms with Gasteiger partial charge in [0.05, 0.1) is 0 Å². The predicted octanol–water partition coefficient (Wildman–Crippen LogP) is 4.20. The molecule has 2 aromatic rings. The lowest BCUT2D eigenvalue weighted by Crippen LogP contribution is -2.13. The van der Waals surface area contributed by atoms with Crippen LogP contribution in [0, 0.1) is 11.2 Å². The number of ether oxygens (including phenoxy) is 1. The number of hydrogen-bond acceptors (Lipinski definition) is 2. The second-order valence-corrected chi connectivity index (χ2v) is 5.91. The first-order valence-electron chi connectivity index (χ1n) is 6.70. The quantitative estimate of drug-likeness (QED) is 0.656. The van der Waals surface area contributed by atoms with E-state index in [1.54, 1.807) is 6.07 Å². The summed E-state index contributed by atoms with van der Waals surface area (Å²) in [6.45, 7) is 6.22. The van der Waals surface area contributed by atoms with Crippen LogP contribution in [0.25, 0.3) is 0 Å². The van der Waals surface area contributed by atoms with Crippen LogP contribution in [0.15, 0.2) is 42.5 Å². The molecule has 0 aliphatic rings. The highest BCUT2D eigenvalue weighted by molar-refractivity contribution is 5.95. The van der Waals surface area contributed by atoms with Gasteiger partial charge in [-0.25, -0.2) is 4.39 Å². The fraction of sp³-hybridized carbons (Fsp3) is 0.235. The summed E-state index contributed by atoms with van der Waals surface area (Å²) in [6.07, 6.45) is 0. The maximum absolute atomic E-state index is 14.0. The maximum Gasteiger partial charge on any atom is 0.166 e. The summed E-state index contributed by atoms with van der Waals surface area (Å²) in [4.78, 5) is 0. The van der Waals surface area contributed by atoms with Gasteiger partial charge in [0.1, 0.15) is 11.6 Å². The monoisotopic (exact) mass is 286 g/mol. The molecule has 0 fully saturated rings. The Bertz CT molecular complexity index is 675. The first-order chi connectivity index (χ1) is 9.79. The van der Waals surface area contributed by atoms with Crippen LogP contribution >= 0.6 is 0 Å². The van der Waals surface area contributed by atoms with E-state index in [-0.39, 0.29) is 17.0 Å². The lowest BCUT2D eigenvalue weighted by atomic mass is 9.86. The van der Waals surface area contributed by atoms with Crippen LogP contribution in [0.2, 0.25) is 0 Å². The van der Waals surface area contributed by atoms with E-state index in [0.717, 1.165) is 5.56 Å². The Morgan fingerprint density at radius 1 is 1.10 bits per heavy atom. The Kier molecular flexibility index (Phi) is 3.98. The Morgan fingerprint density at radius 3 is 2.33 bits per heavy atom. The molecule has 3 nitrogen and oxygen atoms in total. The predicted molar refractivity (Wildman–Crippen MR) is 82.6 cm³/mol. The van der Waals surface area contributed by atoms with Gasteiger partial charge < -0.3 is 10.5 Å². The molecule has 0 spiro atoms. The summed E-state index contributed by atoms with van der Waals surface area (Å²) >= 11 is 0. The number of halogens is 1. The molecule has 3 N–H and O–H groups in total. The molecule has 0 saturated heterocycles. The SMILES string of the molecule is CC(C)(C)c1ccccc1Oc1ccc(C(=N)N)cc1F. The minimum absolute atomic E-state index is 0.105. The van der Waals surface area contributed by atoms with Gasteiger partial charge in [-0.15, -0.1) is 0 Å². The second-order valence-electron chi connectivity index (χ2n) is 5.91. The molecule has 0 saturated carbocycles. The highest BCUT2D eigenvalue weighted by Gasteiger charge is 2.19. The zero-order valence-corrected chi connectivity index (χ0v) is 12.4. The van der Waals surface area contributed by atoms with E-state index in [0.29, 0.717) is 11.3 Å². The van der Waals surface area contributed by atoms with E-state index in [1.807, 2.05) is 24.3 Å². The fourth-order valence-corrected chi connectivity index (χ4v) is 2.04. The van der Waals surface area contributed by atoms with Crippen LogP contribution in [0.4, 0.5) is 4.39 Å². The molecule has 4 heteroatoms. The average molecular weight is 286 g/mol. The number of nitrogens with two attached hydrogens (primary N) is 1. The smallest absolute Gasteiger partial charge is 0.166 e. The number of rotatable bonds is 3. The molecule has 0 heterocycles. The van der Waals surface area contributed by atoms with E-state index in [9.17, 15) is 4.39 Å². The average Bonchev–Trinajstić information content (AvgIpc) is 2.40. The largest absolute Gasteiger partial charge is 0.454 e. The van der Waals surface area contributed by atoms with Gasteiger partial charge in [0.15, 0.2) is 11.6 Å².